The largest absolute Gasteiger partial charge is 0.388 e. The predicted octanol–water partition coefficient (Wildman–Crippen LogP) is 1.35. The van der Waals surface area contributed by atoms with Gasteiger partial charge >= 0.3 is 0 Å². The summed E-state index contributed by atoms with van der Waals surface area (Å²) < 4.78 is 7.50. The molecule has 0 radical (unpaired) electrons. The lowest BCUT2D eigenvalue weighted by atomic mass is 10.1. The molecule has 0 amide bonds. The van der Waals surface area contributed by atoms with Gasteiger partial charge in [-0.05, 0) is 26.0 Å². The van der Waals surface area contributed by atoms with Crippen molar-refractivity contribution in [2.45, 2.75) is 26.0 Å². The molecule has 1 atom stereocenters. The highest BCUT2D eigenvalue weighted by molar-refractivity contribution is 5.35. The number of β-amino-alcohol motifs (C(OH)–C–C–N with tert-alkyl or cyclic N) is 1. The Morgan fingerprint density at radius 3 is 2.68 bits per heavy atom. The molecule has 0 aliphatic carbocycles. The first kappa shape index (κ1) is 18.1. The van der Waals surface area contributed by atoms with Crippen LogP contribution in [0.25, 0.3) is 5.69 Å². The molecule has 0 saturated carbocycles. The van der Waals surface area contributed by atoms with Crippen LogP contribution in [-0.2, 0) is 11.3 Å². The van der Waals surface area contributed by atoms with E-state index in [4.69, 9.17) is 4.74 Å². The maximum atomic E-state index is 10.7. The van der Waals surface area contributed by atoms with Crippen LogP contribution in [0.5, 0.6) is 0 Å². The number of hydrogen-bond acceptors (Lipinski definition) is 5. The zero-order valence-electron chi connectivity index (χ0n) is 15.1. The summed E-state index contributed by atoms with van der Waals surface area (Å²) in [4.78, 5) is 6.69. The topological polar surface area (TPSA) is 62.6 Å². The van der Waals surface area contributed by atoms with Crippen molar-refractivity contribution in [2.75, 3.05) is 39.4 Å². The van der Waals surface area contributed by atoms with E-state index in [1.807, 2.05) is 38.2 Å². The van der Waals surface area contributed by atoms with Crippen LogP contribution in [0.4, 0.5) is 0 Å². The van der Waals surface area contributed by atoms with E-state index in [1.165, 1.54) is 0 Å². The maximum Gasteiger partial charge on any atom is 0.110 e. The third-order valence-corrected chi connectivity index (χ3v) is 4.51. The van der Waals surface area contributed by atoms with Crippen LogP contribution in [0, 0.1) is 6.92 Å². The molecule has 0 bridgehead atoms. The van der Waals surface area contributed by atoms with Crippen LogP contribution in [-0.4, -0.2) is 64.6 Å². The fraction of sp³-hybridized carbons (Fsp3) is 0.526. The van der Waals surface area contributed by atoms with Gasteiger partial charge in [0.15, 0.2) is 0 Å². The Hall–Kier alpha value is -1.73. The van der Waals surface area contributed by atoms with Gasteiger partial charge in [0.05, 0.1) is 30.7 Å². The van der Waals surface area contributed by atoms with E-state index in [-0.39, 0.29) is 0 Å². The Morgan fingerprint density at radius 2 is 1.96 bits per heavy atom. The van der Waals surface area contributed by atoms with Gasteiger partial charge in [0.2, 0.25) is 0 Å². The van der Waals surface area contributed by atoms with Gasteiger partial charge in [-0.15, -0.1) is 0 Å². The van der Waals surface area contributed by atoms with Gasteiger partial charge in [-0.3, -0.25) is 9.47 Å². The minimum Gasteiger partial charge on any atom is -0.388 e. The minimum absolute atomic E-state index is 0.531. The van der Waals surface area contributed by atoms with Crippen LogP contribution < -0.4 is 5.32 Å². The van der Waals surface area contributed by atoms with E-state index >= 15 is 0 Å². The lowest BCUT2D eigenvalue weighted by Gasteiger charge is -2.34. The minimum atomic E-state index is -0.774. The average molecular weight is 344 g/mol. The number of nitrogens with one attached hydrogen (secondary N) is 1. The summed E-state index contributed by atoms with van der Waals surface area (Å²) in [6.07, 6.45) is 1.89. The number of morpholine rings is 1. The predicted molar refractivity (Wildman–Crippen MR) is 97.9 cm³/mol. The van der Waals surface area contributed by atoms with Gasteiger partial charge in [-0.25, -0.2) is 4.98 Å². The molecule has 6 heteroatoms. The van der Waals surface area contributed by atoms with Crippen molar-refractivity contribution in [3.63, 3.8) is 0 Å². The summed E-state index contributed by atoms with van der Waals surface area (Å²) in [5.41, 5.74) is 1.42. The van der Waals surface area contributed by atoms with Gasteiger partial charge in [-0.2, -0.15) is 0 Å². The lowest BCUT2D eigenvalue weighted by molar-refractivity contribution is -0.0219. The molecule has 6 nitrogen and oxygen atoms in total. The van der Waals surface area contributed by atoms with Crippen LogP contribution in [0.1, 0.15) is 18.4 Å². The summed E-state index contributed by atoms with van der Waals surface area (Å²) in [6, 6.07) is 10.2. The fourth-order valence-corrected chi connectivity index (χ4v) is 3.30. The molecule has 1 aliphatic heterocycles. The molecule has 1 aromatic carbocycles. The molecule has 1 aliphatic rings. The van der Waals surface area contributed by atoms with Gasteiger partial charge in [-0.1, -0.05) is 18.2 Å². The molecular weight excluding hydrogens is 316 g/mol. The molecule has 1 unspecified atom stereocenters. The third kappa shape index (κ3) is 4.89. The Kier molecular flexibility index (Phi) is 5.86. The number of aryl methyl sites for hydroxylation is 1. The van der Waals surface area contributed by atoms with Gasteiger partial charge in [0.25, 0.3) is 0 Å². The number of aromatic nitrogens is 2. The SMILES string of the molecule is Cc1ncc(CNCC(C)(O)CN2CCOCC2)n1-c1ccccc1. The molecule has 136 valence electrons. The van der Waals surface area contributed by atoms with E-state index in [9.17, 15) is 5.11 Å². The first-order valence-electron chi connectivity index (χ1n) is 8.87. The quantitative estimate of drug-likeness (QED) is 0.794. The van der Waals surface area contributed by atoms with Crippen molar-refractivity contribution in [2.24, 2.45) is 0 Å². The molecule has 1 saturated heterocycles. The van der Waals surface area contributed by atoms with E-state index in [1.54, 1.807) is 0 Å². The van der Waals surface area contributed by atoms with Gasteiger partial charge < -0.3 is 15.2 Å². The molecule has 1 fully saturated rings. The molecule has 0 spiro atoms. The maximum absolute atomic E-state index is 10.7. The van der Waals surface area contributed by atoms with Crippen molar-refractivity contribution in [1.82, 2.24) is 19.8 Å². The Morgan fingerprint density at radius 1 is 1.24 bits per heavy atom. The highest BCUT2D eigenvalue weighted by atomic mass is 16.5. The summed E-state index contributed by atoms with van der Waals surface area (Å²) in [7, 11) is 0. The van der Waals surface area contributed by atoms with Crippen molar-refractivity contribution < 1.29 is 9.84 Å². The van der Waals surface area contributed by atoms with Crippen LogP contribution in [0.2, 0.25) is 0 Å². The number of benzene rings is 1. The summed E-state index contributed by atoms with van der Waals surface area (Å²) >= 11 is 0. The first-order valence-corrected chi connectivity index (χ1v) is 8.87. The van der Waals surface area contributed by atoms with Crippen molar-refractivity contribution in [3.05, 3.63) is 48.0 Å². The summed E-state index contributed by atoms with van der Waals surface area (Å²) in [6.45, 7) is 9.00. The number of imidazole rings is 1. The molecule has 2 aromatic rings. The highest BCUT2D eigenvalue weighted by Crippen LogP contribution is 2.15. The highest BCUT2D eigenvalue weighted by Gasteiger charge is 2.25. The van der Waals surface area contributed by atoms with E-state index < -0.39 is 5.60 Å². The second-order valence-electron chi connectivity index (χ2n) is 6.96. The normalized spacial score (nSPS) is 18.2. The van der Waals surface area contributed by atoms with Gasteiger partial charge in [0, 0.05) is 38.4 Å². The van der Waals surface area contributed by atoms with E-state index in [0.29, 0.717) is 19.6 Å². The van der Waals surface area contributed by atoms with E-state index in [2.05, 4.69) is 31.9 Å². The fourth-order valence-electron chi connectivity index (χ4n) is 3.30. The number of hydrogen-bond donors (Lipinski definition) is 2. The summed E-state index contributed by atoms with van der Waals surface area (Å²) in [5, 5.41) is 14.1. The standard InChI is InChI=1S/C19H28N4O2/c1-16-21-13-18(23(16)17-6-4-3-5-7-17)12-20-14-19(2,24)15-22-8-10-25-11-9-22/h3-7,13,20,24H,8-12,14-15H2,1-2H3. The molecule has 1 aromatic heterocycles. The second-order valence-corrected chi connectivity index (χ2v) is 6.96. The van der Waals surface area contributed by atoms with Crippen LogP contribution >= 0.6 is 0 Å². The van der Waals surface area contributed by atoms with Crippen LogP contribution in [0.15, 0.2) is 36.5 Å². The molecule has 25 heavy (non-hydrogen) atoms. The number of nitrogens with zero attached hydrogens (tertiary/aromatic N) is 3. The van der Waals surface area contributed by atoms with Gasteiger partial charge in [0.1, 0.15) is 5.82 Å². The zero-order valence-corrected chi connectivity index (χ0v) is 15.1. The Balaban J connectivity index is 1.57. The first-order chi connectivity index (χ1) is 12.1. The van der Waals surface area contributed by atoms with Crippen molar-refractivity contribution in [1.29, 1.82) is 0 Å². The van der Waals surface area contributed by atoms with Crippen molar-refractivity contribution >= 4 is 0 Å². The van der Waals surface area contributed by atoms with Crippen molar-refractivity contribution in [3.8, 4) is 5.69 Å². The summed E-state index contributed by atoms with van der Waals surface area (Å²) in [5.74, 6) is 0.961. The number of aliphatic hydroxyl groups is 1. The van der Waals surface area contributed by atoms with Crippen LogP contribution in [0.3, 0.4) is 0 Å². The second kappa shape index (κ2) is 8.10. The smallest absolute Gasteiger partial charge is 0.110 e. The lowest BCUT2D eigenvalue weighted by Crippen LogP contribution is -2.50. The average Bonchev–Trinajstić information content (AvgIpc) is 2.96. The molecule has 2 heterocycles. The van der Waals surface area contributed by atoms with E-state index in [0.717, 1.165) is 43.5 Å². The molecule has 3 rings (SSSR count). The Labute approximate surface area is 149 Å². The zero-order chi connectivity index (χ0) is 17.7. The number of ether oxygens (including phenoxy) is 1. The molecule has 2 N–H and O–H groups in total. The number of rotatable bonds is 7. The molecular formula is C19H28N4O2. The Bertz CT molecular complexity index is 663. The monoisotopic (exact) mass is 344 g/mol. The third-order valence-electron chi connectivity index (χ3n) is 4.51. The number of para-hydroxylation sites is 1.